The average molecular weight is 210 g/mol. The molecule has 0 fully saturated rings. The molecule has 0 spiro atoms. The number of hydrogen-bond donors (Lipinski definition) is 1. The fraction of sp³-hybridized carbons (Fsp3) is 0.400. The molecule has 1 aromatic carbocycles. The highest BCUT2D eigenvalue weighted by atomic mass is 32.2. The smallest absolute Gasteiger partial charge is 0.119 e. The van der Waals surface area contributed by atoms with Gasteiger partial charge in [-0.15, -0.1) is 0 Å². The maximum absolute atomic E-state index is 11.7. The van der Waals surface area contributed by atoms with E-state index in [1.165, 1.54) is 5.56 Å². The Morgan fingerprint density at radius 1 is 1.57 bits per heavy atom. The van der Waals surface area contributed by atoms with Crippen molar-refractivity contribution in [2.75, 3.05) is 22.3 Å². The van der Waals surface area contributed by atoms with Crippen molar-refractivity contribution in [1.29, 1.82) is 0 Å². The van der Waals surface area contributed by atoms with Crippen LogP contribution in [-0.4, -0.2) is 16.5 Å². The fourth-order valence-corrected chi connectivity index (χ4v) is 2.73. The molecule has 1 aromatic rings. The number of anilines is 2. The zero-order valence-corrected chi connectivity index (χ0v) is 9.01. The highest BCUT2D eigenvalue weighted by Crippen LogP contribution is 2.30. The lowest BCUT2D eigenvalue weighted by molar-refractivity contribution is 0.681. The molecule has 3 nitrogen and oxygen atoms in total. The van der Waals surface area contributed by atoms with Gasteiger partial charge in [-0.1, -0.05) is 13.0 Å². The first-order valence-electron chi connectivity index (χ1n) is 4.77. The van der Waals surface area contributed by atoms with Crippen molar-refractivity contribution in [3.05, 3.63) is 23.8 Å². The van der Waals surface area contributed by atoms with E-state index < -0.39 is 11.0 Å². The molecule has 0 aliphatic carbocycles. The maximum atomic E-state index is 11.7. The first-order chi connectivity index (χ1) is 6.72. The van der Waals surface area contributed by atoms with E-state index in [1.54, 1.807) is 0 Å². The normalized spacial score (nSPS) is 16.8. The van der Waals surface area contributed by atoms with Crippen LogP contribution < -0.4 is 10.0 Å². The molecule has 2 N–H and O–H groups in total. The number of rotatable bonds is 2. The van der Waals surface area contributed by atoms with E-state index in [1.807, 2.05) is 29.4 Å². The molecular weight excluding hydrogens is 196 g/mol. The monoisotopic (exact) mass is 210 g/mol. The van der Waals surface area contributed by atoms with Gasteiger partial charge in [-0.05, 0) is 24.1 Å². The van der Waals surface area contributed by atoms with Crippen LogP contribution in [-0.2, 0) is 17.4 Å². The average Bonchev–Trinajstić information content (AvgIpc) is 2.59. The van der Waals surface area contributed by atoms with Crippen LogP contribution in [0, 0.1) is 0 Å². The van der Waals surface area contributed by atoms with E-state index in [2.05, 4.69) is 0 Å². The molecule has 1 aliphatic rings. The van der Waals surface area contributed by atoms with Crippen LogP contribution in [0.2, 0.25) is 0 Å². The summed E-state index contributed by atoms with van der Waals surface area (Å²) in [5.74, 6) is 0.661. The third kappa shape index (κ3) is 1.50. The minimum Gasteiger partial charge on any atom is -0.399 e. The molecule has 14 heavy (non-hydrogen) atoms. The second kappa shape index (κ2) is 3.61. The lowest BCUT2D eigenvalue weighted by Crippen LogP contribution is -2.24. The first-order valence-corrected chi connectivity index (χ1v) is 6.04. The predicted octanol–water partition coefficient (Wildman–Crippen LogP) is 1.31. The molecule has 1 unspecified atom stereocenters. The van der Waals surface area contributed by atoms with E-state index in [0.29, 0.717) is 5.75 Å². The van der Waals surface area contributed by atoms with Gasteiger partial charge in [0.1, 0.15) is 11.0 Å². The van der Waals surface area contributed by atoms with Crippen LogP contribution in [0.3, 0.4) is 0 Å². The Morgan fingerprint density at radius 3 is 3.07 bits per heavy atom. The second-order valence-electron chi connectivity index (χ2n) is 3.35. The SMILES string of the molecule is CCS(=O)N1CCc2ccc(N)cc21. The molecule has 2 rings (SSSR count). The molecule has 76 valence electrons. The Bertz CT molecular complexity index is 378. The third-order valence-corrected chi connectivity index (χ3v) is 3.82. The molecule has 0 aromatic heterocycles. The Hall–Kier alpha value is -1.03. The molecular formula is C10H14N2OS. The minimum absolute atomic E-state index is 0.661. The molecule has 0 saturated carbocycles. The Morgan fingerprint density at radius 2 is 2.36 bits per heavy atom. The van der Waals surface area contributed by atoms with Gasteiger partial charge in [0.05, 0.1) is 5.69 Å². The highest BCUT2D eigenvalue weighted by Gasteiger charge is 2.22. The van der Waals surface area contributed by atoms with Gasteiger partial charge in [0.15, 0.2) is 0 Å². The van der Waals surface area contributed by atoms with Crippen molar-refractivity contribution in [1.82, 2.24) is 0 Å². The number of hydrogen-bond acceptors (Lipinski definition) is 2. The van der Waals surface area contributed by atoms with Crippen molar-refractivity contribution in [2.24, 2.45) is 0 Å². The largest absolute Gasteiger partial charge is 0.399 e. The summed E-state index contributed by atoms with van der Waals surface area (Å²) in [5.41, 5.74) is 8.75. The van der Waals surface area contributed by atoms with Crippen molar-refractivity contribution >= 4 is 22.4 Å². The number of nitrogen functional groups attached to an aromatic ring is 1. The summed E-state index contributed by atoms with van der Waals surface area (Å²) in [4.78, 5) is 0. The van der Waals surface area contributed by atoms with Gasteiger partial charge >= 0.3 is 0 Å². The standard InChI is InChI=1S/C10H14N2OS/c1-2-14(13)12-6-5-8-3-4-9(11)7-10(8)12/h3-4,7H,2,5-6,11H2,1H3. The number of nitrogens with two attached hydrogens (primary N) is 1. The quantitative estimate of drug-likeness (QED) is 0.748. The summed E-state index contributed by atoms with van der Waals surface area (Å²) in [5, 5.41) is 0. The van der Waals surface area contributed by atoms with Crippen LogP contribution >= 0.6 is 0 Å². The molecule has 0 amide bonds. The van der Waals surface area contributed by atoms with Gasteiger partial charge < -0.3 is 5.73 Å². The second-order valence-corrected chi connectivity index (χ2v) is 5.01. The van der Waals surface area contributed by atoms with Crippen molar-refractivity contribution in [2.45, 2.75) is 13.3 Å². The van der Waals surface area contributed by atoms with E-state index in [-0.39, 0.29) is 0 Å². The number of nitrogens with zero attached hydrogens (tertiary/aromatic N) is 1. The van der Waals surface area contributed by atoms with E-state index in [4.69, 9.17) is 5.73 Å². The molecule has 1 atom stereocenters. The summed E-state index contributed by atoms with van der Waals surface area (Å²) in [6.45, 7) is 2.78. The van der Waals surface area contributed by atoms with E-state index >= 15 is 0 Å². The van der Waals surface area contributed by atoms with Gasteiger partial charge in [-0.3, -0.25) is 4.31 Å². The van der Waals surface area contributed by atoms with Crippen LogP contribution in [0.1, 0.15) is 12.5 Å². The van der Waals surface area contributed by atoms with E-state index in [0.717, 1.165) is 24.3 Å². The molecule has 0 radical (unpaired) electrons. The van der Waals surface area contributed by atoms with Crippen molar-refractivity contribution < 1.29 is 4.21 Å². The lowest BCUT2D eigenvalue weighted by Gasteiger charge is -2.17. The topological polar surface area (TPSA) is 46.3 Å². The van der Waals surface area contributed by atoms with Gasteiger partial charge in [-0.2, -0.15) is 0 Å². The Balaban J connectivity index is 2.38. The van der Waals surface area contributed by atoms with Crippen LogP contribution in [0.4, 0.5) is 11.4 Å². The molecule has 1 heterocycles. The van der Waals surface area contributed by atoms with Gasteiger partial charge in [-0.25, -0.2) is 4.21 Å². The zero-order chi connectivity index (χ0) is 10.1. The van der Waals surface area contributed by atoms with E-state index in [9.17, 15) is 4.21 Å². The zero-order valence-electron chi connectivity index (χ0n) is 8.19. The highest BCUT2D eigenvalue weighted by molar-refractivity contribution is 7.86. The van der Waals surface area contributed by atoms with Gasteiger partial charge in [0.25, 0.3) is 0 Å². The van der Waals surface area contributed by atoms with Crippen molar-refractivity contribution in [3.8, 4) is 0 Å². The van der Waals surface area contributed by atoms with Crippen molar-refractivity contribution in [3.63, 3.8) is 0 Å². The molecule has 0 saturated heterocycles. The fourth-order valence-electron chi connectivity index (χ4n) is 1.73. The summed E-state index contributed by atoms with van der Waals surface area (Å²) in [6.07, 6.45) is 0.974. The Labute approximate surface area is 86.5 Å². The summed E-state index contributed by atoms with van der Waals surface area (Å²) in [6, 6.07) is 5.84. The molecule has 0 bridgehead atoms. The Kier molecular flexibility index (Phi) is 2.46. The number of benzene rings is 1. The summed E-state index contributed by atoms with van der Waals surface area (Å²) < 4.78 is 13.6. The molecule has 1 aliphatic heterocycles. The van der Waals surface area contributed by atoms with Gasteiger partial charge in [0, 0.05) is 18.0 Å². The van der Waals surface area contributed by atoms with Gasteiger partial charge in [0.2, 0.25) is 0 Å². The molecule has 4 heteroatoms. The third-order valence-electron chi connectivity index (χ3n) is 2.46. The summed E-state index contributed by atoms with van der Waals surface area (Å²) >= 11 is 0. The van der Waals surface area contributed by atoms with Crippen LogP contribution in [0.25, 0.3) is 0 Å². The number of fused-ring (bicyclic) bond motifs is 1. The lowest BCUT2D eigenvalue weighted by atomic mass is 10.1. The first kappa shape index (κ1) is 9.52. The van der Waals surface area contributed by atoms with Crippen LogP contribution in [0.15, 0.2) is 18.2 Å². The maximum Gasteiger partial charge on any atom is 0.119 e. The predicted molar refractivity (Wildman–Crippen MR) is 60.6 cm³/mol. The minimum atomic E-state index is -0.894. The van der Waals surface area contributed by atoms with Crippen LogP contribution in [0.5, 0.6) is 0 Å². The summed E-state index contributed by atoms with van der Waals surface area (Å²) in [7, 11) is -0.894.